The van der Waals surface area contributed by atoms with Crippen LogP contribution in [0.4, 0.5) is 0 Å². The van der Waals surface area contributed by atoms with Crippen molar-refractivity contribution >= 4 is 26.5 Å². The number of H-pyrrole nitrogens is 1. The second-order valence-electron chi connectivity index (χ2n) is 14.3. The summed E-state index contributed by atoms with van der Waals surface area (Å²) in [6, 6.07) is 16.9. The molecule has 3 aromatic rings. The van der Waals surface area contributed by atoms with Gasteiger partial charge in [0.1, 0.15) is 12.8 Å². The van der Waals surface area contributed by atoms with E-state index < -0.39 is 38.2 Å². The monoisotopic (exact) mass is 763 g/mol. The Morgan fingerprint density at radius 3 is 2.31 bits per heavy atom. The third-order valence-corrected chi connectivity index (χ3v) is 11.8. The van der Waals surface area contributed by atoms with Crippen LogP contribution in [0.5, 0.6) is 0 Å². The van der Waals surface area contributed by atoms with E-state index in [-0.39, 0.29) is 48.8 Å². The van der Waals surface area contributed by atoms with Gasteiger partial charge in [-0.25, -0.2) is 9.46 Å². The number of fused-ring (bicyclic) bond motifs is 3. The first-order chi connectivity index (χ1) is 26.5. The molecule has 2 aliphatic rings. The zero-order valence-corrected chi connectivity index (χ0v) is 32.9. The van der Waals surface area contributed by atoms with Gasteiger partial charge in [-0.15, -0.1) is 0 Å². The van der Waals surface area contributed by atoms with E-state index in [9.17, 15) is 19.2 Å². The average Bonchev–Trinajstić information content (AvgIpc) is 3.72. The van der Waals surface area contributed by atoms with Crippen molar-refractivity contribution in [2.24, 2.45) is 0 Å². The van der Waals surface area contributed by atoms with E-state index in [1.54, 1.807) is 7.11 Å². The van der Waals surface area contributed by atoms with Crippen LogP contribution in [0.15, 0.2) is 70.4 Å². The standard InChI is InChI=1S/C41H55N4O8P/c1-27(2)45(28(3)4)54(50-6)53-36-24-38(52-29(36)5)44-25-30(40(48)43-41(44)49)21-22-37(46)42-23-15-9-7-8-10-20-39(47)51-26-35-33-18-13-11-16-31(33)32-17-12-14-19-34(32)35/h11-14,16-19,21-22,25,27-29,35-36,38H,7-10,15,20,23-24,26H2,1-6H3,(H,42,46)(H,43,48,49)/b22-21+/t29-,36?,38-,54?/m1/s1/i5D. The van der Waals surface area contributed by atoms with Crippen molar-refractivity contribution in [2.45, 2.75) is 116 Å². The van der Waals surface area contributed by atoms with E-state index in [1.165, 1.54) is 45.2 Å². The number of ether oxygens (including phenoxy) is 2. The molecule has 2 heterocycles. The Kier molecular flexibility index (Phi) is 14.4. The molecule has 0 spiro atoms. The highest BCUT2D eigenvalue weighted by Crippen LogP contribution is 2.49. The number of hydrogen-bond donors (Lipinski definition) is 2. The van der Waals surface area contributed by atoms with Crippen molar-refractivity contribution in [3.8, 4) is 11.1 Å². The molecule has 12 nitrogen and oxygen atoms in total. The number of carbonyl (C=O) groups is 2. The predicted octanol–water partition coefficient (Wildman–Crippen LogP) is 7.05. The minimum absolute atomic E-state index is 0.0568. The van der Waals surface area contributed by atoms with Crippen molar-refractivity contribution in [3.05, 3.63) is 98.3 Å². The second-order valence-corrected chi connectivity index (χ2v) is 15.8. The van der Waals surface area contributed by atoms with Crippen molar-refractivity contribution < 1.29 is 29.5 Å². The van der Waals surface area contributed by atoms with Crippen molar-refractivity contribution in [1.82, 2.24) is 19.5 Å². The van der Waals surface area contributed by atoms with E-state index >= 15 is 0 Å². The minimum Gasteiger partial charge on any atom is -0.465 e. The third kappa shape index (κ3) is 10.4. The maximum Gasteiger partial charge on any atom is 0.330 e. The van der Waals surface area contributed by atoms with Gasteiger partial charge in [0.2, 0.25) is 5.91 Å². The molecule has 4 atom stereocenters. The molecule has 0 saturated carbocycles. The number of nitrogens with zero attached hydrogens (tertiary/aromatic N) is 2. The lowest BCUT2D eigenvalue weighted by molar-refractivity contribution is -0.144. The van der Waals surface area contributed by atoms with Crippen LogP contribution in [0.2, 0.25) is 0 Å². The van der Waals surface area contributed by atoms with E-state index in [1.807, 2.05) is 24.3 Å². The first-order valence-electron chi connectivity index (χ1n) is 19.6. The van der Waals surface area contributed by atoms with E-state index in [0.717, 1.165) is 32.1 Å². The Bertz CT molecular complexity index is 1840. The molecule has 1 aliphatic heterocycles. The molecule has 0 bridgehead atoms. The number of rotatable bonds is 19. The van der Waals surface area contributed by atoms with Crippen LogP contribution in [-0.4, -0.2) is 70.7 Å². The number of benzene rings is 2. The minimum atomic E-state index is -1.44. The average molecular weight is 764 g/mol. The SMILES string of the molecule is [2H]C[C@H]1O[C@@H](n2cc(/C=C/C(=O)NCCCCCCCC(=O)OCC3c4ccccc4-c4ccccc43)c(=O)[nH]c2=O)CC1OP(OC)N(C(C)C)C(C)C. The number of aromatic amines is 1. The van der Waals surface area contributed by atoms with Crippen molar-refractivity contribution in [2.75, 3.05) is 20.3 Å². The fourth-order valence-corrected chi connectivity index (χ4v) is 8.74. The summed E-state index contributed by atoms with van der Waals surface area (Å²) in [5.41, 5.74) is 3.65. The summed E-state index contributed by atoms with van der Waals surface area (Å²) in [5, 5.41) is 2.83. The summed E-state index contributed by atoms with van der Waals surface area (Å²) >= 11 is 0. The van der Waals surface area contributed by atoms with Crippen LogP contribution in [0.25, 0.3) is 17.2 Å². The Morgan fingerprint density at radius 2 is 1.67 bits per heavy atom. The van der Waals surface area contributed by atoms with Crippen LogP contribution < -0.4 is 16.6 Å². The molecular formula is C41H55N4O8P. The lowest BCUT2D eigenvalue weighted by Crippen LogP contribution is -2.35. The van der Waals surface area contributed by atoms with Gasteiger partial charge in [0.05, 0.1) is 17.8 Å². The molecule has 5 rings (SSSR count). The molecule has 54 heavy (non-hydrogen) atoms. The number of nitrogens with one attached hydrogen (secondary N) is 2. The molecule has 1 saturated heterocycles. The van der Waals surface area contributed by atoms with Crippen LogP contribution in [0, 0.1) is 0 Å². The molecule has 1 amide bonds. The molecular weight excluding hydrogens is 707 g/mol. The Labute approximate surface area is 320 Å². The normalized spacial score (nSPS) is 19.0. The summed E-state index contributed by atoms with van der Waals surface area (Å²) in [6.07, 6.45) is 7.00. The summed E-state index contributed by atoms with van der Waals surface area (Å²) in [4.78, 5) is 52.8. The lowest BCUT2D eigenvalue weighted by Gasteiger charge is -2.36. The topological polar surface area (TPSA) is 141 Å². The van der Waals surface area contributed by atoms with Crippen molar-refractivity contribution in [3.63, 3.8) is 0 Å². The van der Waals surface area contributed by atoms with Gasteiger partial charge in [-0.2, -0.15) is 0 Å². The first kappa shape index (κ1) is 39.8. The quantitative estimate of drug-likeness (QED) is 0.0569. The van der Waals surface area contributed by atoms with E-state index in [4.69, 9.17) is 19.9 Å². The number of carbonyl (C=O) groups excluding carboxylic acids is 2. The van der Waals surface area contributed by atoms with Gasteiger partial charge in [0.15, 0.2) is 0 Å². The largest absolute Gasteiger partial charge is 0.465 e. The highest BCUT2D eigenvalue weighted by molar-refractivity contribution is 7.44. The Morgan fingerprint density at radius 1 is 1.02 bits per heavy atom. The molecule has 2 unspecified atom stereocenters. The summed E-state index contributed by atoms with van der Waals surface area (Å²) in [7, 11) is 0.150. The summed E-state index contributed by atoms with van der Waals surface area (Å²) in [5.74, 6) is -0.487. The molecule has 0 radical (unpaired) electrons. The van der Waals surface area contributed by atoms with Gasteiger partial charge in [0.25, 0.3) is 14.1 Å². The van der Waals surface area contributed by atoms with E-state index in [0.29, 0.717) is 19.6 Å². The van der Waals surface area contributed by atoms with Gasteiger partial charge in [0, 0.05) is 58.1 Å². The van der Waals surface area contributed by atoms with Crippen LogP contribution >= 0.6 is 8.53 Å². The Balaban J connectivity index is 1.01. The number of amides is 1. The maximum atomic E-state index is 12.8. The fourth-order valence-electron chi connectivity index (χ4n) is 7.15. The third-order valence-electron chi connectivity index (χ3n) is 9.76. The molecule has 2 aromatic carbocycles. The molecule has 2 N–H and O–H groups in total. The molecule has 1 aromatic heterocycles. The molecule has 1 fully saturated rings. The number of hydrogen-bond acceptors (Lipinski definition) is 9. The van der Waals surface area contributed by atoms with Gasteiger partial charge < -0.3 is 23.8 Å². The van der Waals surface area contributed by atoms with Gasteiger partial charge in [-0.1, -0.05) is 67.8 Å². The van der Waals surface area contributed by atoms with E-state index in [2.05, 4.69) is 66.9 Å². The summed E-state index contributed by atoms with van der Waals surface area (Å²) < 4.78 is 35.3. The highest BCUT2D eigenvalue weighted by Gasteiger charge is 2.39. The van der Waals surface area contributed by atoms with Crippen LogP contribution in [0.3, 0.4) is 0 Å². The molecule has 13 heteroatoms. The number of esters is 1. The first-order valence-corrected chi connectivity index (χ1v) is 20.0. The van der Waals surface area contributed by atoms with Gasteiger partial charge in [-0.05, 0) is 75.8 Å². The smallest absolute Gasteiger partial charge is 0.330 e. The highest BCUT2D eigenvalue weighted by atomic mass is 31.2. The van der Waals surface area contributed by atoms with Crippen molar-refractivity contribution in [1.29, 1.82) is 0 Å². The summed E-state index contributed by atoms with van der Waals surface area (Å²) in [6.45, 7) is 8.96. The maximum absolute atomic E-state index is 12.8. The van der Waals surface area contributed by atoms with Gasteiger partial charge in [-0.3, -0.25) is 23.9 Å². The van der Waals surface area contributed by atoms with Crippen LogP contribution in [0.1, 0.15) is 110 Å². The zero-order chi connectivity index (χ0) is 39.5. The van der Waals surface area contributed by atoms with Crippen LogP contribution in [-0.2, 0) is 28.1 Å². The van der Waals surface area contributed by atoms with Gasteiger partial charge >= 0.3 is 11.7 Å². The molecule has 1 aliphatic carbocycles. The predicted molar refractivity (Wildman–Crippen MR) is 211 cm³/mol. The fraction of sp³-hybridized carbons (Fsp3) is 0.512. The number of aromatic nitrogens is 2. The second kappa shape index (κ2) is 19.6. The lowest BCUT2D eigenvalue weighted by atomic mass is 9.98. The molecule has 292 valence electrons. The zero-order valence-electron chi connectivity index (χ0n) is 33.0. The Hall–Kier alpha value is -3.93. The number of unbranched alkanes of at least 4 members (excludes halogenated alkanes) is 4.